The number of rotatable bonds is 5. The van der Waals surface area contributed by atoms with Gasteiger partial charge >= 0.3 is 0 Å². The maximum absolute atomic E-state index is 2.48. The summed E-state index contributed by atoms with van der Waals surface area (Å²) in [6.07, 6.45) is 0. The molecule has 0 unspecified atom stereocenters. The average molecular weight is 726 g/mol. The van der Waals surface area contributed by atoms with E-state index in [1.807, 2.05) is 0 Å². The zero-order chi connectivity index (χ0) is 37.5. The number of aromatic nitrogens is 3. The fourth-order valence-electron chi connectivity index (χ4n) is 9.32. The highest BCUT2D eigenvalue weighted by molar-refractivity contribution is 6.26. The Kier molecular flexibility index (Phi) is 6.93. The number of hydrogen-bond donors (Lipinski definition) is 0. The van der Waals surface area contributed by atoms with Gasteiger partial charge in [0, 0.05) is 49.4 Å². The van der Waals surface area contributed by atoms with Crippen molar-refractivity contribution in [3.63, 3.8) is 0 Å². The molecule has 57 heavy (non-hydrogen) atoms. The number of fused-ring (bicyclic) bond motifs is 10. The van der Waals surface area contributed by atoms with Gasteiger partial charge in [0.05, 0.1) is 33.1 Å². The second-order valence-corrected chi connectivity index (χ2v) is 14.9. The van der Waals surface area contributed by atoms with E-state index in [2.05, 4.69) is 226 Å². The summed E-state index contributed by atoms with van der Waals surface area (Å²) in [5, 5.41) is 7.53. The van der Waals surface area contributed by atoms with Gasteiger partial charge in [0.15, 0.2) is 0 Å². The number of para-hydroxylation sites is 5. The van der Waals surface area contributed by atoms with Crippen molar-refractivity contribution in [1.29, 1.82) is 0 Å². The van der Waals surface area contributed by atoms with Gasteiger partial charge in [0.25, 0.3) is 0 Å². The van der Waals surface area contributed by atoms with Gasteiger partial charge in [-0.05, 0) is 95.1 Å². The Morgan fingerprint density at radius 1 is 0.228 bits per heavy atom. The predicted octanol–water partition coefficient (Wildman–Crippen LogP) is 14.3. The zero-order valence-corrected chi connectivity index (χ0v) is 31.0. The van der Waals surface area contributed by atoms with Crippen molar-refractivity contribution in [1.82, 2.24) is 13.7 Å². The maximum Gasteiger partial charge on any atom is 0.0641 e. The summed E-state index contributed by atoms with van der Waals surface area (Å²) in [4.78, 5) is 0. The minimum Gasteiger partial charge on any atom is -0.309 e. The number of hydrogen-bond acceptors (Lipinski definition) is 0. The Morgan fingerprint density at radius 2 is 0.649 bits per heavy atom. The Hall–Kier alpha value is -7.62. The Labute approximate surface area is 329 Å². The van der Waals surface area contributed by atoms with Crippen molar-refractivity contribution in [3.8, 4) is 39.3 Å². The first-order valence-corrected chi connectivity index (χ1v) is 19.6. The normalized spacial score (nSPS) is 11.9. The van der Waals surface area contributed by atoms with Crippen LogP contribution in [0.2, 0.25) is 0 Å². The molecular formula is C54H35N3. The van der Waals surface area contributed by atoms with Crippen LogP contribution in [-0.2, 0) is 0 Å². The van der Waals surface area contributed by atoms with E-state index >= 15 is 0 Å². The van der Waals surface area contributed by atoms with Crippen LogP contribution in [0.3, 0.4) is 0 Å². The van der Waals surface area contributed by atoms with Crippen molar-refractivity contribution in [2.75, 3.05) is 0 Å². The zero-order valence-electron chi connectivity index (χ0n) is 31.0. The van der Waals surface area contributed by atoms with Crippen molar-refractivity contribution >= 4 is 65.4 Å². The summed E-state index contributed by atoms with van der Waals surface area (Å²) < 4.78 is 7.28. The largest absolute Gasteiger partial charge is 0.309 e. The lowest BCUT2D eigenvalue weighted by Gasteiger charge is -2.11. The highest BCUT2D eigenvalue weighted by Crippen LogP contribution is 2.43. The fourth-order valence-corrected chi connectivity index (χ4v) is 9.32. The van der Waals surface area contributed by atoms with Gasteiger partial charge in [0.2, 0.25) is 0 Å². The molecule has 0 saturated heterocycles. The first-order chi connectivity index (χ1) is 28.3. The SMILES string of the molecule is c1ccc(-n2c3ccccc3c3ccc(-c4cccc(-c5ccc6c7ccc8c(c9ccccc9n8-c8ccccc8)c7n(-c7ccccc7)c6c5)c4)cc32)cc1. The molecule has 0 amide bonds. The van der Waals surface area contributed by atoms with Crippen LogP contribution in [-0.4, -0.2) is 13.7 Å². The van der Waals surface area contributed by atoms with E-state index in [4.69, 9.17) is 0 Å². The first kappa shape index (κ1) is 31.7. The van der Waals surface area contributed by atoms with Crippen LogP contribution in [0.1, 0.15) is 0 Å². The molecule has 0 aliphatic heterocycles. The molecule has 0 aliphatic carbocycles. The van der Waals surface area contributed by atoms with Gasteiger partial charge in [-0.15, -0.1) is 0 Å². The molecule has 0 atom stereocenters. The minimum absolute atomic E-state index is 1.15. The molecule has 266 valence electrons. The maximum atomic E-state index is 2.48. The van der Waals surface area contributed by atoms with Crippen molar-refractivity contribution < 1.29 is 0 Å². The van der Waals surface area contributed by atoms with Crippen LogP contribution in [0, 0.1) is 0 Å². The summed E-state index contributed by atoms with van der Waals surface area (Å²) >= 11 is 0. The third-order valence-electron chi connectivity index (χ3n) is 11.8. The lowest BCUT2D eigenvalue weighted by atomic mass is 9.97. The van der Waals surface area contributed by atoms with Crippen molar-refractivity contribution in [2.24, 2.45) is 0 Å². The molecule has 0 aliphatic rings. The Balaban J connectivity index is 1.07. The molecule has 3 nitrogen and oxygen atoms in total. The van der Waals surface area contributed by atoms with Crippen LogP contribution in [0.4, 0.5) is 0 Å². The van der Waals surface area contributed by atoms with Crippen molar-refractivity contribution in [2.45, 2.75) is 0 Å². The monoisotopic (exact) mass is 725 g/mol. The van der Waals surface area contributed by atoms with Crippen LogP contribution in [0.25, 0.3) is 105 Å². The Morgan fingerprint density at radius 3 is 1.26 bits per heavy atom. The second-order valence-electron chi connectivity index (χ2n) is 14.9. The molecule has 3 aromatic heterocycles. The summed E-state index contributed by atoms with van der Waals surface area (Å²) in [6, 6.07) is 77.4. The third kappa shape index (κ3) is 4.79. The molecule has 3 heterocycles. The van der Waals surface area contributed by atoms with Gasteiger partial charge < -0.3 is 13.7 Å². The topological polar surface area (TPSA) is 14.8 Å². The van der Waals surface area contributed by atoms with Crippen LogP contribution < -0.4 is 0 Å². The van der Waals surface area contributed by atoms with E-state index in [9.17, 15) is 0 Å². The third-order valence-corrected chi connectivity index (χ3v) is 11.8. The van der Waals surface area contributed by atoms with Gasteiger partial charge in [0.1, 0.15) is 0 Å². The fraction of sp³-hybridized carbons (Fsp3) is 0. The van der Waals surface area contributed by atoms with E-state index in [1.54, 1.807) is 0 Å². The average Bonchev–Trinajstić information content (AvgIpc) is 3.92. The lowest BCUT2D eigenvalue weighted by molar-refractivity contribution is 1.17. The highest BCUT2D eigenvalue weighted by atomic mass is 15.0. The Bertz CT molecular complexity index is 3500. The number of benzene rings is 9. The smallest absolute Gasteiger partial charge is 0.0641 e. The van der Waals surface area contributed by atoms with E-state index in [1.165, 1.54) is 93.4 Å². The van der Waals surface area contributed by atoms with E-state index < -0.39 is 0 Å². The van der Waals surface area contributed by atoms with E-state index in [-0.39, 0.29) is 0 Å². The quantitative estimate of drug-likeness (QED) is 0.168. The van der Waals surface area contributed by atoms with E-state index in [0.29, 0.717) is 0 Å². The molecule has 9 aromatic carbocycles. The van der Waals surface area contributed by atoms with Crippen molar-refractivity contribution in [3.05, 3.63) is 212 Å². The van der Waals surface area contributed by atoms with Gasteiger partial charge in [-0.1, -0.05) is 140 Å². The summed E-state index contributed by atoms with van der Waals surface area (Å²) in [5.74, 6) is 0. The summed E-state index contributed by atoms with van der Waals surface area (Å²) in [5.41, 5.74) is 15.5. The molecule has 0 bridgehead atoms. The van der Waals surface area contributed by atoms with Crippen LogP contribution >= 0.6 is 0 Å². The molecular weight excluding hydrogens is 691 g/mol. The predicted molar refractivity (Wildman–Crippen MR) is 240 cm³/mol. The second kappa shape index (κ2) is 12.5. The van der Waals surface area contributed by atoms with Gasteiger partial charge in [-0.3, -0.25) is 0 Å². The lowest BCUT2D eigenvalue weighted by Crippen LogP contribution is -1.95. The molecule has 3 heteroatoms. The minimum atomic E-state index is 1.15. The number of nitrogens with zero attached hydrogens (tertiary/aromatic N) is 3. The van der Waals surface area contributed by atoms with E-state index in [0.717, 1.165) is 11.4 Å². The molecule has 0 saturated carbocycles. The van der Waals surface area contributed by atoms with Crippen LogP contribution in [0.5, 0.6) is 0 Å². The molecule has 0 spiro atoms. The summed E-state index contributed by atoms with van der Waals surface area (Å²) in [6.45, 7) is 0. The first-order valence-electron chi connectivity index (χ1n) is 19.6. The van der Waals surface area contributed by atoms with Gasteiger partial charge in [-0.2, -0.15) is 0 Å². The highest BCUT2D eigenvalue weighted by Gasteiger charge is 2.21. The molecule has 12 rings (SSSR count). The summed E-state index contributed by atoms with van der Waals surface area (Å²) in [7, 11) is 0. The molecule has 12 aromatic rings. The standard InChI is InChI=1S/C54H35N3/c1-4-17-40(18-5-1)55-49-26-13-11-24-47(49)53-50(55)32-31-46-45-30-28-39(35-52(45)57(54(46)53)42-21-8-3-9-22-42)37-16-14-15-36(33-37)38-27-29-44-43-23-10-12-25-48(43)56(51(44)34-38)41-19-6-2-7-20-41/h1-35H. The molecule has 0 fully saturated rings. The molecule has 0 radical (unpaired) electrons. The molecule has 0 N–H and O–H groups in total. The van der Waals surface area contributed by atoms with Crippen LogP contribution in [0.15, 0.2) is 212 Å². The van der Waals surface area contributed by atoms with Gasteiger partial charge in [-0.25, -0.2) is 0 Å².